The van der Waals surface area contributed by atoms with E-state index in [4.69, 9.17) is 14.9 Å². The molecule has 1 aromatic heterocycles. The first-order valence-corrected chi connectivity index (χ1v) is 6.04. The van der Waals surface area contributed by atoms with E-state index in [1.165, 1.54) is 0 Å². The normalized spacial score (nSPS) is 11.6. The number of hydrogen-bond acceptors (Lipinski definition) is 4. The maximum Gasteiger partial charge on any atom is 0.287 e. The number of nitrogens with one attached hydrogen (secondary N) is 1. The van der Waals surface area contributed by atoms with Gasteiger partial charge in [-0.25, -0.2) is 0 Å². The Morgan fingerprint density at radius 3 is 2.78 bits per heavy atom. The van der Waals surface area contributed by atoms with Gasteiger partial charge in [0.15, 0.2) is 5.76 Å². The summed E-state index contributed by atoms with van der Waals surface area (Å²) in [5.74, 6) is 0.706. The second kappa shape index (κ2) is 6.56. The Morgan fingerprint density at radius 2 is 2.22 bits per heavy atom. The van der Waals surface area contributed by atoms with Crippen molar-refractivity contribution in [1.82, 2.24) is 5.32 Å². The Bertz CT molecular complexity index is 385. The number of methoxy groups -OCH3 is 1. The largest absolute Gasteiger partial charge is 0.455 e. The molecule has 0 spiro atoms. The SMILES string of the molecule is COCCC(C)(C)CNC(=O)c1ccc(CN)o1. The summed E-state index contributed by atoms with van der Waals surface area (Å²) in [6, 6.07) is 3.35. The first kappa shape index (κ1) is 14.7. The molecule has 3 N–H and O–H groups in total. The van der Waals surface area contributed by atoms with E-state index in [2.05, 4.69) is 19.2 Å². The fourth-order valence-electron chi connectivity index (χ4n) is 1.48. The molecule has 0 bridgehead atoms. The Kier molecular flexibility index (Phi) is 5.37. The minimum Gasteiger partial charge on any atom is -0.455 e. The van der Waals surface area contributed by atoms with Crippen LogP contribution in [0.2, 0.25) is 0 Å². The summed E-state index contributed by atoms with van der Waals surface area (Å²) in [4.78, 5) is 11.8. The molecule has 0 saturated heterocycles. The fourth-order valence-corrected chi connectivity index (χ4v) is 1.48. The number of amides is 1. The number of furan rings is 1. The number of hydrogen-bond donors (Lipinski definition) is 2. The van der Waals surface area contributed by atoms with Gasteiger partial charge in [0.05, 0.1) is 6.54 Å². The van der Waals surface area contributed by atoms with E-state index >= 15 is 0 Å². The van der Waals surface area contributed by atoms with E-state index in [0.29, 0.717) is 31.2 Å². The average molecular weight is 254 g/mol. The standard InChI is InChI=1S/C13H22N2O3/c1-13(2,6-7-17-3)9-15-12(16)11-5-4-10(8-14)18-11/h4-5H,6-9,14H2,1-3H3,(H,15,16). The van der Waals surface area contributed by atoms with Gasteiger partial charge in [-0.2, -0.15) is 0 Å². The zero-order chi connectivity index (χ0) is 13.6. The lowest BCUT2D eigenvalue weighted by Crippen LogP contribution is -2.34. The fraction of sp³-hybridized carbons (Fsp3) is 0.615. The molecule has 102 valence electrons. The van der Waals surface area contributed by atoms with Crippen LogP contribution in [0.4, 0.5) is 0 Å². The molecule has 0 aliphatic rings. The van der Waals surface area contributed by atoms with Crippen molar-refractivity contribution < 1.29 is 13.9 Å². The maximum absolute atomic E-state index is 11.8. The summed E-state index contributed by atoms with van der Waals surface area (Å²) in [7, 11) is 1.67. The van der Waals surface area contributed by atoms with Crippen LogP contribution in [-0.4, -0.2) is 26.2 Å². The van der Waals surface area contributed by atoms with Crippen LogP contribution >= 0.6 is 0 Å². The lowest BCUT2D eigenvalue weighted by molar-refractivity contribution is 0.0892. The smallest absolute Gasteiger partial charge is 0.287 e. The zero-order valence-corrected chi connectivity index (χ0v) is 11.3. The summed E-state index contributed by atoms with van der Waals surface area (Å²) in [5, 5.41) is 2.86. The molecule has 0 atom stereocenters. The molecule has 0 aliphatic heterocycles. The third-order valence-corrected chi connectivity index (χ3v) is 2.80. The van der Waals surface area contributed by atoms with Crippen LogP contribution in [0.1, 0.15) is 36.6 Å². The van der Waals surface area contributed by atoms with Gasteiger partial charge in [-0.3, -0.25) is 4.79 Å². The third-order valence-electron chi connectivity index (χ3n) is 2.80. The van der Waals surface area contributed by atoms with Gasteiger partial charge >= 0.3 is 0 Å². The van der Waals surface area contributed by atoms with E-state index < -0.39 is 0 Å². The summed E-state index contributed by atoms with van der Waals surface area (Å²) in [5.41, 5.74) is 5.42. The van der Waals surface area contributed by atoms with Crippen molar-refractivity contribution in [2.45, 2.75) is 26.8 Å². The number of carbonyl (C=O) groups excluding carboxylic acids is 1. The molecule has 0 saturated carbocycles. The molecule has 1 heterocycles. The van der Waals surface area contributed by atoms with Gasteiger partial charge in [-0.05, 0) is 24.0 Å². The van der Waals surface area contributed by atoms with Gasteiger partial charge < -0.3 is 20.2 Å². The van der Waals surface area contributed by atoms with Crippen LogP contribution in [0.15, 0.2) is 16.5 Å². The average Bonchev–Trinajstić information content (AvgIpc) is 2.82. The molecule has 0 unspecified atom stereocenters. The summed E-state index contributed by atoms with van der Waals surface area (Å²) in [6.07, 6.45) is 0.885. The summed E-state index contributed by atoms with van der Waals surface area (Å²) in [6.45, 7) is 5.72. The first-order valence-electron chi connectivity index (χ1n) is 6.04. The maximum atomic E-state index is 11.8. The Balaban J connectivity index is 2.45. The number of rotatable bonds is 7. The van der Waals surface area contributed by atoms with Crippen molar-refractivity contribution in [3.63, 3.8) is 0 Å². The van der Waals surface area contributed by atoms with Crippen LogP contribution in [0.25, 0.3) is 0 Å². The van der Waals surface area contributed by atoms with Crippen molar-refractivity contribution in [2.24, 2.45) is 11.1 Å². The van der Waals surface area contributed by atoms with Crippen molar-refractivity contribution >= 4 is 5.91 Å². The van der Waals surface area contributed by atoms with Crippen LogP contribution < -0.4 is 11.1 Å². The van der Waals surface area contributed by atoms with Gasteiger partial charge in [0.2, 0.25) is 0 Å². The molecule has 18 heavy (non-hydrogen) atoms. The first-order chi connectivity index (χ1) is 8.48. The predicted octanol–water partition coefficient (Wildman–Crippen LogP) is 1.53. The minimum atomic E-state index is -0.208. The van der Waals surface area contributed by atoms with E-state index in [9.17, 15) is 4.79 Å². The molecule has 0 fully saturated rings. The quantitative estimate of drug-likeness (QED) is 0.773. The highest BCUT2D eigenvalue weighted by Gasteiger charge is 2.20. The van der Waals surface area contributed by atoms with E-state index in [1.807, 2.05) is 0 Å². The molecule has 0 radical (unpaired) electrons. The second-order valence-corrected chi connectivity index (χ2v) is 5.06. The van der Waals surface area contributed by atoms with Gasteiger partial charge in [-0.15, -0.1) is 0 Å². The van der Waals surface area contributed by atoms with Crippen molar-refractivity contribution in [3.05, 3.63) is 23.7 Å². The summed E-state index contributed by atoms with van der Waals surface area (Å²) >= 11 is 0. The molecule has 0 aromatic carbocycles. The van der Waals surface area contributed by atoms with Crippen molar-refractivity contribution in [2.75, 3.05) is 20.3 Å². The number of carbonyl (C=O) groups is 1. The van der Waals surface area contributed by atoms with Crippen LogP contribution in [0, 0.1) is 5.41 Å². The highest BCUT2D eigenvalue weighted by Crippen LogP contribution is 2.19. The zero-order valence-electron chi connectivity index (χ0n) is 11.3. The van der Waals surface area contributed by atoms with E-state index in [0.717, 1.165) is 6.42 Å². The Morgan fingerprint density at radius 1 is 1.50 bits per heavy atom. The Hall–Kier alpha value is -1.33. The highest BCUT2D eigenvalue weighted by molar-refractivity contribution is 5.91. The van der Waals surface area contributed by atoms with Gasteiger partial charge in [0, 0.05) is 20.3 Å². The van der Waals surface area contributed by atoms with Gasteiger partial charge in [0.25, 0.3) is 5.91 Å². The molecular weight excluding hydrogens is 232 g/mol. The van der Waals surface area contributed by atoms with Gasteiger partial charge in [-0.1, -0.05) is 13.8 Å². The predicted molar refractivity (Wildman–Crippen MR) is 69.2 cm³/mol. The highest BCUT2D eigenvalue weighted by atomic mass is 16.5. The topological polar surface area (TPSA) is 77.5 Å². The molecule has 1 rings (SSSR count). The molecule has 5 heteroatoms. The minimum absolute atomic E-state index is 0.00500. The monoisotopic (exact) mass is 254 g/mol. The third kappa shape index (κ3) is 4.50. The number of ether oxygens (including phenoxy) is 1. The van der Waals surface area contributed by atoms with Crippen LogP contribution in [0.5, 0.6) is 0 Å². The molecule has 5 nitrogen and oxygen atoms in total. The number of nitrogens with two attached hydrogens (primary N) is 1. The van der Waals surface area contributed by atoms with E-state index in [1.54, 1.807) is 19.2 Å². The molecule has 1 amide bonds. The van der Waals surface area contributed by atoms with Crippen LogP contribution in [-0.2, 0) is 11.3 Å². The van der Waals surface area contributed by atoms with E-state index in [-0.39, 0.29) is 11.3 Å². The molecule has 0 aliphatic carbocycles. The Labute approximate surface area is 108 Å². The summed E-state index contributed by atoms with van der Waals surface area (Å²) < 4.78 is 10.3. The van der Waals surface area contributed by atoms with Crippen molar-refractivity contribution in [3.8, 4) is 0 Å². The lowest BCUT2D eigenvalue weighted by atomic mass is 9.90. The second-order valence-electron chi connectivity index (χ2n) is 5.06. The lowest BCUT2D eigenvalue weighted by Gasteiger charge is -2.24. The van der Waals surface area contributed by atoms with Crippen LogP contribution in [0.3, 0.4) is 0 Å². The molecular formula is C13H22N2O3. The molecule has 1 aromatic rings. The van der Waals surface area contributed by atoms with Crippen molar-refractivity contribution in [1.29, 1.82) is 0 Å². The van der Waals surface area contributed by atoms with Gasteiger partial charge in [0.1, 0.15) is 5.76 Å².